The van der Waals surface area contributed by atoms with Gasteiger partial charge in [-0.1, -0.05) is 18.2 Å². The van der Waals surface area contributed by atoms with E-state index in [9.17, 15) is 19.3 Å². The second kappa shape index (κ2) is 6.87. The van der Waals surface area contributed by atoms with Gasteiger partial charge < -0.3 is 9.64 Å². The summed E-state index contributed by atoms with van der Waals surface area (Å²) in [7, 11) is 2.86. The number of amides is 1. The lowest BCUT2D eigenvalue weighted by Crippen LogP contribution is -2.26. The minimum atomic E-state index is -0.603. The Hall–Kier alpha value is -2.96. The van der Waals surface area contributed by atoms with Crippen molar-refractivity contribution in [1.29, 1.82) is 0 Å². The van der Waals surface area contributed by atoms with Crippen molar-refractivity contribution in [3.05, 3.63) is 69.5 Å². The minimum absolute atomic E-state index is 0.00557. The molecule has 7 heteroatoms. The highest BCUT2D eigenvalue weighted by atomic mass is 19.1. The third-order valence-corrected chi connectivity index (χ3v) is 3.31. The molecule has 1 amide bonds. The summed E-state index contributed by atoms with van der Waals surface area (Å²) in [4.78, 5) is 24.1. The summed E-state index contributed by atoms with van der Waals surface area (Å²) < 4.78 is 18.5. The number of ether oxygens (including phenoxy) is 1. The van der Waals surface area contributed by atoms with Gasteiger partial charge in [0.15, 0.2) is 11.6 Å². The zero-order valence-corrected chi connectivity index (χ0v) is 12.7. The second-order valence-electron chi connectivity index (χ2n) is 4.90. The average molecular weight is 318 g/mol. The van der Waals surface area contributed by atoms with Gasteiger partial charge in [0.25, 0.3) is 11.6 Å². The predicted octanol–water partition coefficient (Wildman–Crippen LogP) is 3.01. The molecule has 0 bridgehead atoms. The maximum absolute atomic E-state index is 13.7. The van der Waals surface area contributed by atoms with Gasteiger partial charge in [0.2, 0.25) is 0 Å². The number of benzene rings is 2. The Kier molecular flexibility index (Phi) is 4.90. The number of nitrogens with zero attached hydrogens (tertiary/aromatic N) is 2. The van der Waals surface area contributed by atoms with Crippen LogP contribution in [0.5, 0.6) is 5.75 Å². The molecule has 2 aromatic rings. The largest absolute Gasteiger partial charge is 0.494 e. The summed E-state index contributed by atoms with van der Waals surface area (Å²) in [5, 5.41) is 11.0. The quantitative estimate of drug-likeness (QED) is 0.627. The highest BCUT2D eigenvalue weighted by molar-refractivity contribution is 5.97. The Bertz CT molecular complexity index is 749. The number of carbonyl (C=O) groups excluding carboxylic acids is 1. The van der Waals surface area contributed by atoms with E-state index in [1.54, 1.807) is 12.1 Å². The minimum Gasteiger partial charge on any atom is -0.494 e. The lowest BCUT2D eigenvalue weighted by molar-refractivity contribution is -0.385. The Balaban J connectivity index is 2.21. The van der Waals surface area contributed by atoms with Gasteiger partial charge in [0, 0.05) is 19.7 Å². The van der Waals surface area contributed by atoms with Crippen LogP contribution in [0.25, 0.3) is 0 Å². The number of rotatable bonds is 5. The maximum Gasteiger partial charge on any atom is 0.282 e. The molecule has 0 aliphatic heterocycles. The van der Waals surface area contributed by atoms with E-state index in [1.165, 1.54) is 49.4 Å². The van der Waals surface area contributed by atoms with E-state index in [1.807, 2.05) is 0 Å². The lowest BCUT2D eigenvalue weighted by atomic mass is 10.1. The number of nitro groups is 1. The standard InChI is InChI=1S/C16H15FN2O4/c1-18(10-11-7-8-15(23-2)13(17)9-11)16(20)12-5-3-4-6-14(12)19(21)22/h3-9H,10H2,1-2H3. The molecule has 2 rings (SSSR count). The van der Waals surface area contributed by atoms with Crippen LogP contribution in [-0.2, 0) is 6.54 Å². The van der Waals surface area contributed by atoms with Crippen LogP contribution < -0.4 is 4.74 Å². The first-order chi connectivity index (χ1) is 10.9. The highest BCUT2D eigenvalue weighted by Gasteiger charge is 2.22. The molecular formula is C16H15FN2O4. The zero-order valence-electron chi connectivity index (χ0n) is 12.7. The van der Waals surface area contributed by atoms with E-state index in [0.717, 1.165) is 0 Å². The van der Waals surface area contributed by atoms with Crippen molar-refractivity contribution in [2.75, 3.05) is 14.2 Å². The molecule has 0 fully saturated rings. The van der Waals surface area contributed by atoms with Crippen LogP contribution in [0.4, 0.5) is 10.1 Å². The van der Waals surface area contributed by atoms with Crippen molar-refractivity contribution in [2.45, 2.75) is 6.54 Å². The van der Waals surface area contributed by atoms with Crippen molar-refractivity contribution in [3.63, 3.8) is 0 Å². The molecule has 0 radical (unpaired) electrons. The number of halogens is 1. The molecule has 0 unspecified atom stereocenters. The van der Waals surface area contributed by atoms with Crippen LogP contribution in [0.15, 0.2) is 42.5 Å². The van der Waals surface area contributed by atoms with E-state index in [-0.39, 0.29) is 23.5 Å². The number of methoxy groups -OCH3 is 1. The summed E-state index contributed by atoms with van der Waals surface area (Å²) in [6, 6.07) is 10.1. The molecular weight excluding hydrogens is 303 g/mol. The molecule has 2 aromatic carbocycles. The number of carbonyl (C=O) groups is 1. The molecule has 0 spiro atoms. The van der Waals surface area contributed by atoms with Gasteiger partial charge >= 0.3 is 0 Å². The molecule has 0 atom stereocenters. The zero-order chi connectivity index (χ0) is 17.0. The van der Waals surface area contributed by atoms with Crippen molar-refractivity contribution in [3.8, 4) is 5.75 Å². The fraction of sp³-hybridized carbons (Fsp3) is 0.188. The van der Waals surface area contributed by atoms with Gasteiger partial charge in [0.1, 0.15) is 5.56 Å². The summed E-state index contributed by atoms with van der Waals surface area (Å²) >= 11 is 0. The monoisotopic (exact) mass is 318 g/mol. The molecule has 0 aromatic heterocycles. The van der Waals surface area contributed by atoms with Gasteiger partial charge in [-0.15, -0.1) is 0 Å². The average Bonchev–Trinajstić information content (AvgIpc) is 2.54. The first-order valence-corrected chi connectivity index (χ1v) is 6.75. The normalized spacial score (nSPS) is 10.2. The van der Waals surface area contributed by atoms with E-state index in [0.29, 0.717) is 5.56 Å². The number of para-hydroxylation sites is 1. The van der Waals surface area contributed by atoms with Crippen LogP contribution in [-0.4, -0.2) is 29.9 Å². The highest BCUT2D eigenvalue weighted by Crippen LogP contribution is 2.21. The van der Waals surface area contributed by atoms with Crippen LogP contribution in [0, 0.1) is 15.9 Å². The molecule has 0 saturated heterocycles. The number of hydrogen-bond acceptors (Lipinski definition) is 4. The molecule has 0 aliphatic carbocycles. The third kappa shape index (κ3) is 3.63. The Morgan fingerprint density at radius 2 is 2.00 bits per heavy atom. The van der Waals surface area contributed by atoms with Gasteiger partial charge in [0.05, 0.1) is 12.0 Å². The summed E-state index contributed by atoms with van der Waals surface area (Å²) in [6.45, 7) is 0.117. The number of nitro benzene ring substituents is 1. The fourth-order valence-electron chi connectivity index (χ4n) is 2.17. The van der Waals surface area contributed by atoms with E-state index in [4.69, 9.17) is 4.74 Å². The first kappa shape index (κ1) is 16.4. The van der Waals surface area contributed by atoms with Crippen molar-refractivity contribution < 1.29 is 18.8 Å². The van der Waals surface area contributed by atoms with Gasteiger partial charge in [-0.3, -0.25) is 14.9 Å². The Labute approximate surface area is 132 Å². The molecule has 0 aliphatic rings. The summed E-state index contributed by atoms with van der Waals surface area (Å²) in [5.74, 6) is -0.925. The SMILES string of the molecule is COc1ccc(CN(C)C(=O)c2ccccc2[N+](=O)[O-])cc1F. The van der Waals surface area contributed by atoms with Crippen LogP contribution in [0.1, 0.15) is 15.9 Å². The van der Waals surface area contributed by atoms with Crippen LogP contribution in [0.2, 0.25) is 0 Å². The van der Waals surface area contributed by atoms with Gasteiger partial charge in [-0.05, 0) is 23.8 Å². The predicted molar refractivity (Wildman–Crippen MR) is 81.8 cm³/mol. The second-order valence-corrected chi connectivity index (χ2v) is 4.90. The smallest absolute Gasteiger partial charge is 0.282 e. The number of hydrogen-bond donors (Lipinski definition) is 0. The third-order valence-electron chi connectivity index (χ3n) is 3.31. The van der Waals surface area contributed by atoms with Crippen LogP contribution in [0.3, 0.4) is 0 Å². The van der Waals surface area contributed by atoms with E-state index >= 15 is 0 Å². The van der Waals surface area contributed by atoms with Crippen LogP contribution >= 0.6 is 0 Å². The maximum atomic E-state index is 13.7. The van der Waals surface area contributed by atoms with E-state index in [2.05, 4.69) is 0 Å². The molecule has 0 heterocycles. The van der Waals surface area contributed by atoms with Gasteiger partial charge in [-0.2, -0.15) is 0 Å². The van der Waals surface area contributed by atoms with Gasteiger partial charge in [-0.25, -0.2) is 4.39 Å². The molecule has 120 valence electrons. The molecule has 0 N–H and O–H groups in total. The van der Waals surface area contributed by atoms with Crippen molar-refractivity contribution in [2.24, 2.45) is 0 Å². The Morgan fingerprint density at radius 3 is 2.61 bits per heavy atom. The first-order valence-electron chi connectivity index (χ1n) is 6.75. The molecule has 0 saturated carbocycles. The van der Waals surface area contributed by atoms with Crippen molar-refractivity contribution in [1.82, 2.24) is 4.90 Å². The summed E-state index contributed by atoms with van der Waals surface area (Å²) in [6.07, 6.45) is 0. The molecule has 6 nitrogen and oxygen atoms in total. The molecule has 23 heavy (non-hydrogen) atoms. The van der Waals surface area contributed by atoms with E-state index < -0.39 is 16.6 Å². The lowest BCUT2D eigenvalue weighted by Gasteiger charge is -2.17. The Morgan fingerprint density at radius 1 is 1.30 bits per heavy atom. The summed E-state index contributed by atoms with van der Waals surface area (Å²) in [5.41, 5.74) is 0.289. The van der Waals surface area contributed by atoms with Crippen molar-refractivity contribution >= 4 is 11.6 Å². The fourth-order valence-corrected chi connectivity index (χ4v) is 2.17. The topological polar surface area (TPSA) is 72.7 Å².